The molecular formula is C22H19N5O2. The highest BCUT2D eigenvalue weighted by Crippen LogP contribution is 2.48. The van der Waals surface area contributed by atoms with E-state index in [1.807, 2.05) is 6.07 Å². The number of aromatic nitrogens is 4. The number of hydrogen-bond donors (Lipinski definition) is 2. The Bertz CT molecular complexity index is 1150. The first kappa shape index (κ1) is 17.4. The molecule has 2 heterocycles. The largest absolute Gasteiger partial charge is 0.508 e. The number of anilines is 1. The minimum absolute atomic E-state index is 0.169. The Morgan fingerprint density at radius 2 is 1.69 bits per heavy atom. The summed E-state index contributed by atoms with van der Waals surface area (Å²) in [6, 6.07) is 15.2. The summed E-state index contributed by atoms with van der Waals surface area (Å²) in [4.78, 5) is 12.8. The molecule has 5 rings (SSSR count). The van der Waals surface area contributed by atoms with Crippen LogP contribution in [0.4, 0.5) is 5.95 Å². The van der Waals surface area contributed by atoms with Gasteiger partial charge in [0, 0.05) is 23.5 Å². The quantitative estimate of drug-likeness (QED) is 0.547. The zero-order valence-electron chi connectivity index (χ0n) is 15.6. The molecule has 0 saturated heterocycles. The molecule has 0 amide bonds. The van der Waals surface area contributed by atoms with E-state index in [2.05, 4.69) is 44.4 Å². The molecule has 2 aromatic heterocycles. The Hall–Kier alpha value is -3.74. The van der Waals surface area contributed by atoms with Gasteiger partial charge in [-0.3, -0.25) is 0 Å². The molecule has 0 aliphatic heterocycles. The van der Waals surface area contributed by atoms with Crippen LogP contribution in [0.3, 0.4) is 0 Å². The van der Waals surface area contributed by atoms with Gasteiger partial charge in [-0.25, -0.2) is 9.97 Å². The maximum atomic E-state index is 9.71. The predicted octanol–water partition coefficient (Wildman–Crippen LogP) is 3.95. The Labute approximate surface area is 167 Å². The summed E-state index contributed by atoms with van der Waals surface area (Å²) in [5.41, 5.74) is 9.13. The molecule has 29 heavy (non-hydrogen) atoms. The third-order valence-corrected chi connectivity index (χ3v) is 5.60. The van der Waals surface area contributed by atoms with Gasteiger partial charge in [0.1, 0.15) is 5.75 Å². The second-order valence-corrected chi connectivity index (χ2v) is 7.32. The topological polar surface area (TPSA) is 111 Å². The summed E-state index contributed by atoms with van der Waals surface area (Å²) in [6.45, 7) is 0. The lowest BCUT2D eigenvalue weighted by Gasteiger charge is -2.39. The van der Waals surface area contributed by atoms with Crippen molar-refractivity contribution in [3.05, 3.63) is 72.3 Å². The van der Waals surface area contributed by atoms with Crippen molar-refractivity contribution in [1.29, 1.82) is 0 Å². The van der Waals surface area contributed by atoms with Crippen molar-refractivity contribution in [3.8, 4) is 28.3 Å². The molecule has 1 saturated carbocycles. The molecule has 1 fully saturated rings. The predicted molar refractivity (Wildman–Crippen MR) is 108 cm³/mol. The molecule has 4 aromatic rings. The van der Waals surface area contributed by atoms with E-state index in [4.69, 9.17) is 10.3 Å². The third kappa shape index (κ3) is 3.00. The minimum Gasteiger partial charge on any atom is -0.508 e. The van der Waals surface area contributed by atoms with Crippen LogP contribution >= 0.6 is 0 Å². The molecule has 2 aromatic carbocycles. The molecule has 3 N–H and O–H groups in total. The summed E-state index contributed by atoms with van der Waals surface area (Å²) in [7, 11) is 0. The van der Waals surface area contributed by atoms with Crippen molar-refractivity contribution >= 4 is 5.95 Å². The van der Waals surface area contributed by atoms with E-state index in [0.29, 0.717) is 17.3 Å². The lowest BCUT2D eigenvalue weighted by Crippen LogP contribution is -2.36. The van der Waals surface area contributed by atoms with Crippen LogP contribution in [-0.2, 0) is 5.41 Å². The highest BCUT2D eigenvalue weighted by Gasteiger charge is 2.44. The lowest BCUT2D eigenvalue weighted by molar-refractivity contribution is 0.273. The Morgan fingerprint density at radius 1 is 0.931 bits per heavy atom. The van der Waals surface area contributed by atoms with E-state index < -0.39 is 0 Å². The molecule has 0 bridgehead atoms. The van der Waals surface area contributed by atoms with Gasteiger partial charge in [0.25, 0.3) is 5.89 Å². The average molecular weight is 385 g/mol. The van der Waals surface area contributed by atoms with E-state index in [1.54, 1.807) is 30.6 Å². The van der Waals surface area contributed by atoms with Crippen molar-refractivity contribution in [3.63, 3.8) is 0 Å². The molecule has 144 valence electrons. The SMILES string of the molecule is Nc1ncc(-c2ccc(C3(c4noc(-c5cccc(O)c5)n4)CCC3)cc2)cn1. The average Bonchev–Trinajstić information content (AvgIpc) is 3.19. The molecule has 0 spiro atoms. The molecule has 7 heteroatoms. The van der Waals surface area contributed by atoms with Crippen LogP contribution in [0, 0.1) is 0 Å². The zero-order valence-corrected chi connectivity index (χ0v) is 15.6. The van der Waals surface area contributed by atoms with Crippen molar-refractivity contribution < 1.29 is 9.63 Å². The first-order valence-corrected chi connectivity index (χ1v) is 9.46. The number of nitrogens with two attached hydrogens (primary N) is 1. The number of nitrogens with zero attached hydrogens (tertiary/aromatic N) is 4. The first-order chi connectivity index (χ1) is 14.1. The molecule has 0 radical (unpaired) electrons. The summed E-state index contributed by atoms with van der Waals surface area (Å²) in [5.74, 6) is 1.53. The molecule has 1 aliphatic rings. The second kappa shape index (κ2) is 6.70. The lowest BCUT2D eigenvalue weighted by atomic mass is 9.64. The Balaban J connectivity index is 1.47. The van der Waals surface area contributed by atoms with Crippen LogP contribution in [0.25, 0.3) is 22.6 Å². The Morgan fingerprint density at radius 3 is 2.34 bits per heavy atom. The van der Waals surface area contributed by atoms with E-state index in [1.165, 1.54) is 0 Å². The molecule has 0 unspecified atom stereocenters. The van der Waals surface area contributed by atoms with Gasteiger partial charge in [-0.1, -0.05) is 41.9 Å². The van der Waals surface area contributed by atoms with Crippen LogP contribution in [0.1, 0.15) is 30.7 Å². The summed E-state index contributed by atoms with van der Waals surface area (Å²) in [6.07, 6.45) is 6.49. The van der Waals surface area contributed by atoms with Gasteiger partial charge in [0.15, 0.2) is 5.82 Å². The standard InChI is InChI=1S/C22H19N5O2/c23-21-24-12-16(13-25-21)14-5-7-17(8-6-14)22(9-2-10-22)20-26-19(29-27-20)15-3-1-4-18(28)11-15/h1,3-8,11-13,28H,2,9-10H2,(H2,23,24,25). The van der Waals surface area contributed by atoms with Gasteiger partial charge in [0.2, 0.25) is 5.95 Å². The van der Waals surface area contributed by atoms with Crippen molar-refractivity contribution in [2.75, 3.05) is 5.73 Å². The van der Waals surface area contributed by atoms with Gasteiger partial charge in [-0.05, 0) is 42.2 Å². The minimum atomic E-state index is -0.241. The summed E-state index contributed by atoms with van der Waals surface area (Å²) < 4.78 is 5.51. The van der Waals surface area contributed by atoms with Gasteiger partial charge in [-0.2, -0.15) is 4.98 Å². The van der Waals surface area contributed by atoms with Crippen LogP contribution in [0.2, 0.25) is 0 Å². The Kier molecular flexibility index (Phi) is 4.01. The fraction of sp³-hybridized carbons (Fsp3) is 0.182. The van der Waals surface area contributed by atoms with Gasteiger partial charge >= 0.3 is 0 Å². The van der Waals surface area contributed by atoms with Crippen LogP contribution in [0.5, 0.6) is 5.75 Å². The maximum Gasteiger partial charge on any atom is 0.258 e. The van der Waals surface area contributed by atoms with E-state index in [0.717, 1.165) is 36.0 Å². The van der Waals surface area contributed by atoms with Crippen molar-refractivity contribution in [2.45, 2.75) is 24.7 Å². The maximum absolute atomic E-state index is 9.71. The van der Waals surface area contributed by atoms with E-state index in [-0.39, 0.29) is 17.1 Å². The van der Waals surface area contributed by atoms with Crippen molar-refractivity contribution in [2.24, 2.45) is 0 Å². The number of phenols is 1. The number of aromatic hydroxyl groups is 1. The second-order valence-electron chi connectivity index (χ2n) is 7.32. The highest BCUT2D eigenvalue weighted by molar-refractivity contribution is 5.63. The third-order valence-electron chi connectivity index (χ3n) is 5.60. The number of rotatable bonds is 4. The number of hydrogen-bond acceptors (Lipinski definition) is 7. The highest BCUT2D eigenvalue weighted by atomic mass is 16.5. The van der Waals surface area contributed by atoms with Gasteiger partial charge in [-0.15, -0.1) is 0 Å². The van der Waals surface area contributed by atoms with E-state index >= 15 is 0 Å². The van der Waals surface area contributed by atoms with Gasteiger partial charge in [0.05, 0.1) is 5.41 Å². The fourth-order valence-electron chi connectivity index (χ4n) is 3.81. The molecule has 7 nitrogen and oxygen atoms in total. The number of benzene rings is 2. The summed E-state index contributed by atoms with van der Waals surface area (Å²) in [5, 5.41) is 14.0. The number of nitrogen functional groups attached to an aromatic ring is 1. The molecule has 1 aliphatic carbocycles. The van der Waals surface area contributed by atoms with Crippen molar-refractivity contribution in [1.82, 2.24) is 20.1 Å². The van der Waals surface area contributed by atoms with Gasteiger partial charge < -0.3 is 15.4 Å². The normalized spacial score (nSPS) is 15.0. The van der Waals surface area contributed by atoms with Crippen LogP contribution < -0.4 is 5.73 Å². The summed E-state index contributed by atoms with van der Waals surface area (Å²) >= 11 is 0. The zero-order chi connectivity index (χ0) is 19.8. The fourth-order valence-corrected chi connectivity index (χ4v) is 3.81. The van der Waals surface area contributed by atoms with Crippen LogP contribution in [0.15, 0.2) is 65.4 Å². The van der Waals surface area contributed by atoms with Crippen LogP contribution in [-0.4, -0.2) is 25.2 Å². The van der Waals surface area contributed by atoms with E-state index in [9.17, 15) is 5.11 Å². The molecular weight excluding hydrogens is 366 g/mol. The number of phenolic OH excluding ortho intramolecular Hbond substituents is 1. The monoisotopic (exact) mass is 385 g/mol. The molecule has 0 atom stereocenters. The first-order valence-electron chi connectivity index (χ1n) is 9.46. The smallest absolute Gasteiger partial charge is 0.258 e.